The first kappa shape index (κ1) is 29.6. The molecule has 2 heterocycles. The van der Waals surface area contributed by atoms with E-state index in [4.69, 9.17) is 37.4 Å². The molecule has 2 aromatic carbocycles. The Morgan fingerprint density at radius 3 is 2.66 bits per heavy atom. The number of hydrogen-bond acceptors (Lipinski definition) is 8. The molecule has 2 amide bonds. The number of methoxy groups -OCH3 is 1. The largest absolute Gasteiger partial charge is 0.493 e. The highest BCUT2D eigenvalue weighted by atomic mass is 35.5. The van der Waals surface area contributed by atoms with Gasteiger partial charge in [-0.1, -0.05) is 29.3 Å². The molecule has 12 heteroatoms. The van der Waals surface area contributed by atoms with E-state index in [0.717, 1.165) is 6.42 Å². The summed E-state index contributed by atoms with van der Waals surface area (Å²) in [4.78, 5) is 28.8. The van der Waals surface area contributed by atoms with E-state index in [-0.39, 0.29) is 37.8 Å². The average Bonchev–Trinajstić information content (AvgIpc) is 3.64. The van der Waals surface area contributed by atoms with Gasteiger partial charge in [-0.05, 0) is 54.3 Å². The van der Waals surface area contributed by atoms with Crippen molar-refractivity contribution in [3.63, 3.8) is 0 Å². The fourth-order valence-electron chi connectivity index (χ4n) is 5.74. The van der Waals surface area contributed by atoms with Crippen LogP contribution in [-0.4, -0.2) is 83.3 Å². The van der Waals surface area contributed by atoms with Gasteiger partial charge >= 0.3 is 0 Å². The molecule has 0 radical (unpaired) electrons. The summed E-state index contributed by atoms with van der Waals surface area (Å²) >= 11 is 12.6. The van der Waals surface area contributed by atoms with Crippen LogP contribution in [0.25, 0.3) is 0 Å². The van der Waals surface area contributed by atoms with Gasteiger partial charge in [0.15, 0.2) is 11.5 Å². The van der Waals surface area contributed by atoms with Gasteiger partial charge in [0.05, 0.1) is 32.3 Å². The first-order valence-corrected chi connectivity index (χ1v) is 14.2. The minimum atomic E-state index is -1.26. The lowest BCUT2D eigenvalue weighted by Gasteiger charge is -2.41. The number of ether oxygens (including phenoxy) is 3. The smallest absolute Gasteiger partial charge is 0.252 e. The van der Waals surface area contributed by atoms with Crippen molar-refractivity contribution in [2.24, 2.45) is 0 Å². The number of rotatable bonds is 9. The monoisotopic (exact) mass is 606 g/mol. The first-order valence-electron chi connectivity index (χ1n) is 13.4. The Kier molecular flexibility index (Phi) is 9.08. The van der Waals surface area contributed by atoms with E-state index in [9.17, 15) is 24.9 Å². The van der Waals surface area contributed by atoms with E-state index in [1.165, 1.54) is 12.0 Å². The molecule has 1 unspecified atom stereocenters. The van der Waals surface area contributed by atoms with E-state index < -0.39 is 36.2 Å². The average molecular weight is 607 g/mol. The number of nitrogens with zero attached hydrogens (tertiary/aromatic N) is 1. The van der Waals surface area contributed by atoms with Crippen LogP contribution in [0.5, 0.6) is 11.5 Å². The van der Waals surface area contributed by atoms with Crippen LogP contribution in [0.4, 0.5) is 0 Å². The van der Waals surface area contributed by atoms with Gasteiger partial charge < -0.3 is 39.7 Å². The molecule has 0 bridgehead atoms. The molecule has 1 aliphatic carbocycles. The molecule has 220 valence electrons. The fourth-order valence-corrected chi connectivity index (χ4v) is 6.21. The third kappa shape index (κ3) is 5.77. The summed E-state index contributed by atoms with van der Waals surface area (Å²) in [5, 5.41) is 34.5. The number of fused-ring (bicyclic) bond motifs is 3. The van der Waals surface area contributed by atoms with Crippen LogP contribution >= 0.6 is 23.2 Å². The van der Waals surface area contributed by atoms with Crippen molar-refractivity contribution in [1.82, 2.24) is 10.2 Å². The van der Waals surface area contributed by atoms with Gasteiger partial charge in [-0.15, -0.1) is 0 Å². The summed E-state index contributed by atoms with van der Waals surface area (Å²) < 4.78 is 17.5. The van der Waals surface area contributed by atoms with E-state index in [2.05, 4.69) is 5.32 Å². The van der Waals surface area contributed by atoms with Crippen molar-refractivity contribution in [2.45, 2.75) is 56.3 Å². The maximum Gasteiger partial charge on any atom is 0.252 e. The van der Waals surface area contributed by atoms with E-state index in [1.54, 1.807) is 36.4 Å². The van der Waals surface area contributed by atoms with Crippen LogP contribution < -0.4 is 14.8 Å². The highest BCUT2D eigenvalue weighted by Gasteiger charge is 2.52. The third-order valence-corrected chi connectivity index (χ3v) is 8.29. The summed E-state index contributed by atoms with van der Waals surface area (Å²) in [7, 11) is 1.46. The Labute approximate surface area is 247 Å². The van der Waals surface area contributed by atoms with Crippen molar-refractivity contribution in [3.8, 4) is 11.5 Å². The van der Waals surface area contributed by atoms with Crippen molar-refractivity contribution < 1.29 is 39.1 Å². The van der Waals surface area contributed by atoms with Gasteiger partial charge in [-0.3, -0.25) is 9.59 Å². The number of amides is 2. The maximum atomic E-state index is 13.9. The van der Waals surface area contributed by atoms with Crippen molar-refractivity contribution in [1.29, 1.82) is 0 Å². The summed E-state index contributed by atoms with van der Waals surface area (Å²) in [5.74, 6) is -0.866. The summed E-state index contributed by atoms with van der Waals surface area (Å²) in [6, 6.07) is 7.30. The molecule has 0 saturated carbocycles. The number of halogens is 2. The number of hydrogen-bond donors (Lipinski definition) is 4. The van der Waals surface area contributed by atoms with Gasteiger partial charge in [0.2, 0.25) is 5.91 Å². The molecule has 1 fully saturated rings. The van der Waals surface area contributed by atoms with Gasteiger partial charge in [0.25, 0.3) is 5.91 Å². The highest BCUT2D eigenvalue weighted by molar-refractivity contribution is 6.35. The number of carbonyl (C=O) groups excluding carboxylic acids is 2. The molecule has 0 aromatic heterocycles. The number of nitrogens with one attached hydrogen (secondary N) is 1. The molecular formula is C29H32Cl2N2O8. The molecule has 41 heavy (non-hydrogen) atoms. The fraction of sp³-hybridized carbons (Fsp3) is 0.448. The molecule has 4 N–H and O–H groups in total. The second kappa shape index (κ2) is 12.6. The lowest BCUT2D eigenvalue weighted by atomic mass is 9.77. The minimum absolute atomic E-state index is 0.00738. The zero-order valence-corrected chi connectivity index (χ0v) is 23.9. The molecule has 10 nitrogen and oxygen atoms in total. The lowest BCUT2D eigenvalue weighted by Crippen LogP contribution is -2.57. The summed E-state index contributed by atoms with van der Waals surface area (Å²) in [6.45, 7) is -0.0743. The van der Waals surface area contributed by atoms with Crippen LogP contribution in [0.15, 0.2) is 42.0 Å². The third-order valence-electron chi connectivity index (χ3n) is 7.70. The van der Waals surface area contributed by atoms with Gasteiger partial charge in [-0.25, -0.2) is 0 Å². The Balaban J connectivity index is 1.61. The second-order valence-corrected chi connectivity index (χ2v) is 11.1. The SMILES string of the molecule is COc1cc(CO)cc2c1O[C@@H]1[C@@H](O)[C@H](N(Cc3ccc(Cl)cc3Cl)C(=O)C3CCCO3)C=C(C(=O)NCCO)[C@H]21. The van der Waals surface area contributed by atoms with Crippen LogP contribution in [0, 0.1) is 0 Å². The second-order valence-electron chi connectivity index (χ2n) is 10.2. The highest BCUT2D eigenvalue weighted by Crippen LogP contribution is 2.51. The van der Waals surface area contributed by atoms with E-state index in [0.29, 0.717) is 51.3 Å². The molecule has 5 atom stereocenters. The molecule has 1 saturated heterocycles. The molecular weight excluding hydrogens is 575 g/mol. The number of carbonyl (C=O) groups is 2. The molecule has 2 aliphatic heterocycles. The molecule has 2 aromatic rings. The maximum absolute atomic E-state index is 13.9. The topological polar surface area (TPSA) is 138 Å². The van der Waals surface area contributed by atoms with Crippen molar-refractivity contribution in [2.75, 3.05) is 26.9 Å². The minimum Gasteiger partial charge on any atom is -0.493 e. The van der Waals surface area contributed by atoms with E-state index in [1.807, 2.05) is 0 Å². The summed E-state index contributed by atoms with van der Waals surface area (Å²) in [5.41, 5.74) is 1.96. The van der Waals surface area contributed by atoms with Crippen LogP contribution in [0.3, 0.4) is 0 Å². The van der Waals surface area contributed by atoms with Crippen LogP contribution in [0.1, 0.15) is 35.4 Å². The van der Waals surface area contributed by atoms with Crippen LogP contribution in [-0.2, 0) is 27.5 Å². The zero-order chi connectivity index (χ0) is 29.3. The summed E-state index contributed by atoms with van der Waals surface area (Å²) in [6.07, 6.45) is -0.111. The van der Waals surface area contributed by atoms with Crippen molar-refractivity contribution in [3.05, 3.63) is 68.7 Å². The van der Waals surface area contributed by atoms with Crippen molar-refractivity contribution >= 4 is 35.0 Å². The Morgan fingerprint density at radius 2 is 2.00 bits per heavy atom. The van der Waals surface area contributed by atoms with Gasteiger partial charge in [0, 0.05) is 40.9 Å². The lowest BCUT2D eigenvalue weighted by molar-refractivity contribution is -0.147. The Hall–Kier alpha value is -2.86. The Bertz CT molecular complexity index is 1350. The molecule has 3 aliphatic rings. The Morgan fingerprint density at radius 1 is 1.20 bits per heavy atom. The number of benzene rings is 2. The number of aliphatic hydroxyl groups is 3. The molecule has 5 rings (SSSR count). The predicted molar refractivity (Wildman–Crippen MR) is 150 cm³/mol. The van der Waals surface area contributed by atoms with E-state index >= 15 is 0 Å². The standard InChI is InChI=1S/C29H32Cl2N2O8/c1-39-23-10-15(14-35)9-18-24-19(28(37)32-6-7-34)12-21(25(36)27(24)41-26(18)23)33(29(38)22-3-2-8-40-22)13-16-4-5-17(30)11-20(16)31/h4-5,9-12,21-22,24-25,27,34-36H,2-3,6-8,13-14H2,1H3,(H,32,37)/t21-,22?,24+,25+,27+/m1/s1. The number of aliphatic hydroxyl groups excluding tert-OH is 3. The molecule has 0 spiro atoms. The predicted octanol–water partition coefficient (Wildman–Crippen LogP) is 2.32. The first-order chi connectivity index (χ1) is 19.8. The van der Waals surface area contributed by atoms with Gasteiger partial charge in [0.1, 0.15) is 18.3 Å². The normalized spacial score (nSPS) is 24.6. The quantitative estimate of drug-likeness (QED) is 0.341. The van der Waals surface area contributed by atoms with Gasteiger partial charge in [-0.2, -0.15) is 0 Å². The zero-order valence-electron chi connectivity index (χ0n) is 22.4. The van der Waals surface area contributed by atoms with Crippen LogP contribution in [0.2, 0.25) is 10.0 Å².